The maximum atomic E-state index is 12.7. The first-order valence-corrected chi connectivity index (χ1v) is 7.74. The number of rotatable bonds is 4. The number of carboxylic acid groups (broad SMARTS) is 1. The van der Waals surface area contributed by atoms with Gasteiger partial charge < -0.3 is 5.11 Å². The number of carbonyl (C=O) groups excluding carboxylic acids is 2. The van der Waals surface area contributed by atoms with Crippen molar-refractivity contribution in [3.63, 3.8) is 0 Å². The third-order valence-corrected chi connectivity index (χ3v) is 4.48. The van der Waals surface area contributed by atoms with E-state index in [2.05, 4.69) is 0 Å². The number of hydrogen-bond donors (Lipinski definition) is 1. The summed E-state index contributed by atoms with van der Waals surface area (Å²) in [4.78, 5) is 37.2. The van der Waals surface area contributed by atoms with Crippen molar-refractivity contribution in [1.29, 1.82) is 0 Å². The molecule has 1 saturated heterocycles. The van der Waals surface area contributed by atoms with Gasteiger partial charge in [-0.3, -0.25) is 14.5 Å². The van der Waals surface area contributed by atoms with Crippen molar-refractivity contribution in [3.8, 4) is 0 Å². The normalized spacial score (nSPS) is 18.7. The van der Waals surface area contributed by atoms with Gasteiger partial charge >= 0.3 is 5.97 Å². The minimum Gasteiger partial charge on any atom is -0.478 e. The summed E-state index contributed by atoms with van der Waals surface area (Å²) in [6.45, 7) is 1.95. The van der Waals surface area contributed by atoms with E-state index in [1.165, 1.54) is 24.3 Å². The fourth-order valence-corrected chi connectivity index (χ4v) is 3.06. The quantitative estimate of drug-likeness (QED) is 0.878. The number of benzene rings is 2. The number of hydrogen-bond acceptors (Lipinski definition) is 3. The van der Waals surface area contributed by atoms with E-state index < -0.39 is 11.9 Å². The SMILES string of the molecule is C[C@@H](c1ccccc1)[C@@H]1CC(=O)N(c2ccc(C(=O)O)cc2)C1=O. The van der Waals surface area contributed by atoms with Crippen molar-refractivity contribution in [3.05, 3.63) is 65.7 Å². The highest BCUT2D eigenvalue weighted by molar-refractivity contribution is 6.21. The first-order chi connectivity index (χ1) is 11.5. The molecule has 3 rings (SSSR count). The van der Waals surface area contributed by atoms with Gasteiger partial charge in [0.1, 0.15) is 0 Å². The first kappa shape index (κ1) is 15.9. The van der Waals surface area contributed by atoms with Gasteiger partial charge in [0.2, 0.25) is 11.8 Å². The fraction of sp³-hybridized carbons (Fsp3) is 0.211. The van der Waals surface area contributed by atoms with Crippen LogP contribution >= 0.6 is 0 Å². The number of carbonyl (C=O) groups is 3. The van der Waals surface area contributed by atoms with E-state index in [4.69, 9.17) is 5.11 Å². The summed E-state index contributed by atoms with van der Waals surface area (Å²) in [6, 6.07) is 15.4. The molecule has 0 aromatic heterocycles. The highest BCUT2D eigenvalue weighted by Gasteiger charge is 2.42. The van der Waals surface area contributed by atoms with Crippen molar-refractivity contribution in [1.82, 2.24) is 0 Å². The fourth-order valence-electron chi connectivity index (χ4n) is 3.06. The molecule has 5 heteroatoms. The van der Waals surface area contributed by atoms with Crippen LogP contribution in [0.4, 0.5) is 5.69 Å². The van der Waals surface area contributed by atoms with Crippen LogP contribution in [0.1, 0.15) is 35.2 Å². The van der Waals surface area contributed by atoms with Crippen molar-refractivity contribution in [2.45, 2.75) is 19.3 Å². The number of aromatic carboxylic acids is 1. The summed E-state index contributed by atoms with van der Waals surface area (Å²) < 4.78 is 0. The Morgan fingerprint density at radius 1 is 1.08 bits per heavy atom. The average Bonchev–Trinajstić information content (AvgIpc) is 2.89. The second-order valence-electron chi connectivity index (χ2n) is 5.93. The van der Waals surface area contributed by atoms with Crippen LogP contribution in [-0.4, -0.2) is 22.9 Å². The maximum Gasteiger partial charge on any atom is 0.335 e. The van der Waals surface area contributed by atoms with Gasteiger partial charge in [-0.25, -0.2) is 4.79 Å². The van der Waals surface area contributed by atoms with Gasteiger partial charge in [-0.2, -0.15) is 0 Å². The Morgan fingerprint density at radius 3 is 2.29 bits per heavy atom. The Balaban J connectivity index is 1.85. The van der Waals surface area contributed by atoms with E-state index in [-0.39, 0.29) is 29.7 Å². The van der Waals surface area contributed by atoms with Gasteiger partial charge in [0.05, 0.1) is 17.2 Å². The third-order valence-electron chi connectivity index (χ3n) is 4.48. The van der Waals surface area contributed by atoms with E-state index in [9.17, 15) is 14.4 Å². The molecule has 1 aliphatic heterocycles. The van der Waals surface area contributed by atoms with Gasteiger partial charge in [0.15, 0.2) is 0 Å². The highest BCUT2D eigenvalue weighted by Crippen LogP contribution is 2.35. The smallest absolute Gasteiger partial charge is 0.335 e. The second-order valence-corrected chi connectivity index (χ2v) is 5.93. The van der Waals surface area contributed by atoms with Gasteiger partial charge in [0, 0.05) is 6.42 Å². The van der Waals surface area contributed by atoms with Crippen LogP contribution < -0.4 is 4.90 Å². The van der Waals surface area contributed by atoms with Gasteiger partial charge in [-0.05, 0) is 35.7 Å². The average molecular weight is 323 g/mol. The number of amides is 2. The molecule has 5 nitrogen and oxygen atoms in total. The molecule has 1 fully saturated rings. The number of imide groups is 1. The molecular formula is C19H17NO4. The Morgan fingerprint density at radius 2 is 1.71 bits per heavy atom. The molecule has 24 heavy (non-hydrogen) atoms. The van der Waals surface area contributed by atoms with Crippen LogP contribution in [0.5, 0.6) is 0 Å². The van der Waals surface area contributed by atoms with E-state index in [0.717, 1.165) is 10.5 Å². The molecule has 1 aliphatic rings. The number of carboxylic acids is 1. The zero-order chi connectivity index (χ0) is 17.3. The Labute approximate surface area is 139 Å². The summed E-state index contributed by atoms with van der Waals surface area (Å²) >= 11 is 0. The molecule has 122 valence electrons. The highest BCUT2D eigenvalue weighted by atomic mass is 16.4. The predicted molar refractivity (Wildman–Crippen MR) is 88.9 cm³/mol. The molecular weight excluding hydrogens is 306 g/mol. The van der Waals surface area contributed by atoms with Crippen LogP contribution in [-0.2, 0) is 9.59 Å². The molecule has 0 spiro atoms. The Bertz CT molecular complexity index is 783. The molecule has 2 amide bonds. The summed E-state index contributed by atoms with van der Waals surface area (Å²) in [7, 11) is 0. The van der Waals surface area contributed by atoms with Crippen molar-refractivity contribution in [2.75, 3.05) is 4.90 Å². The molecule has 0 saturated carbocycles. The monoisotopic (exact) mass is 323 g/mol. The lowest BCUT2D eigenvalue weighted by Gasteiger charge is -2.19. The molecule has 2 aromatic rings. The van der Waals surface area contributed by atoms with Gasteiger partial charge in [-0.1, -0.05) is 37.3 Å². The van der Waals surface area contributed by atoms with Crippen LogP contribution in [0.25, 0.3) is 0 Å². The largest absolute Gasteiger partial charge is 0.478 e. The predicted octanol–water partition coefficient (Wildman–Crippen LogP) is 3.07. The van der Waals surface area contributed by atoms with Crippen molar-refractivity contribution >= 4 is 23.5 Å². The van der Waals surface area contributed by atoms with E-state index >= 15 is 0 Å². The lowest BCUT2D eigenvalue weighted by Crippen LogP contribution is -2.31. The molecule has 0 radical (unpaired) electrons. The lowest BCUT2D eigenvalue weighted by atomic mass is 9.86. The molecule has 2 atom stereocenters. The Hall–Kier alpha value is -2.95. The lowest BCUT2D eigenvalue weighted by molar-refractivity contribution is -0.122. The Kier molecular flexibility index (Phi) is 4.16. The standard InChI is InChI=1S/C19H17NO4/c1-12(13-5-3-2-4-6-13)16-11-17(21)20(18(16)22)15-9-7-14(8-10-15)19(23)24/h2-10,12,16H,11H2,1H3,(H,23,24)/t12-,16-/m0/s1. The van der Waals surface area contributed by atoms with Crippen molar-refractivity contribution < 1.29 is 19.5 Å². The summed E-state index contributed by atoms with van der Waals surface area (Å²) in [5.74, 6) is -2.00. The number of nitrogens with zero attached hydrogens (tertiary/aromatic N) is 1. The summed E-state index contributed by atoms with van der Waals surface area (Å²) in [5.41, 5.74) is 1.55. The van der Waals surface area contributed by atoms with Gasteiger partial charge in [0.25, 0.3) is 0 Å². The zero-order valence-electron chi connectivity index (χ0n) is 13.2. The molecule has 0 aliphatic carbocycles. The summed E-state index contributed by atoms with van der Waals surface area (Å²) in [6.07, 6.45) is 0.162. The minimum absolute atomic E-state index is 0.0639. The molecule has 2 aromatic carbocycles. The number of anilines is 1. The van der Waals surface area contributed by atoms with E-state index in [1.54, 1.807) is 0 Å². The van der Waals surface area contributed by atoms with Crippen molar-refractivity contribution in [2.24, 2.45) is 5.92 Å². The molecule has 1 heterocycles. The minimum atomic E-state index is -1.05. The van der Waals surface area contributed by atoms with Crippen LogP contribution in [0.2, 0.25) is 0 Å². The van der Waals surface area contributed by atoms with Gasteiger partial charge in [-0.15, -0.1) is 0 Å². The second kappa shape index (κ2) is 6.28. The molecule has 0 unspecified atom stereocenters. The van der Waals surface area contributed by atoms with Crippen LogP contribution in [0, 0.1) is 5.92 Å². The van der Waals surface area contributed by atoms with Crippen LogP contribution in [0.3, 0.4) is 0 Å². The van der Waals surface area contributed by atoms with Crippen LogP contribution in [0.15, 0.2) is 54.6 Å². The first-order valence-electron chi connectivity index (χ1n) is 7.74. The van der Waals surface area contributed by atoms with E-state index in [1.807, 2.05) is 37.3 Å². The molecule has 1 N–H and O–H groups in total. The maximum absolute atomic E-state index is 12.7. The zero-order valence-corrected chi connectivity index (χ0v) is 13.2. The topological polar surface area (TPSA) is 74.7 Å². The third kappa shape index (κ3) is 2.80. The summed E-state index contributed by atoms with van der Waals surface area (Å²) in [5, 5.41) is 8.94. The van der Waals surface area contributed by atoms with E-state index in [0.29, 0.717) is 5.69 Å². The molecule has 0 bridgehead atoms.